The standard InChI is InChI=1S/C20H24N6O3/c1-25-12-9-22-16(25)18(27)26-10-5-20(6-11-26,7-13-28-2)19-23-17(29-24-19)15-4-3-8-21-14-15/h3-4,8-9,12,14H,5-7,10-11,13H2,1-2H3. The number of likely N-dealkylation sites (tertiary alicyclic amines) is 1. The Bertz CT molecular complexity index is 960. The number of amides is 1. The molecule has 4 rings (SSSR count). The van der Waals surface area contributed by atoms with Crippen molar-refractivity contribution in [2.24, 2.45) is 7.05 Å². The van der Waals surface area contributed by atoms with Gasteiger partial charge in [-0.2, -0.15) is 4.98 Å². The molecule has 3 aromatic rings. The van der Waals surface area contributed by atoms with E-state index in [-0.39, 0.29) is 11.3 Å². The fourth-order valence-electron chi connectivity index (χ4n) is 3.78. The number of ether oxygens (including phenoxy) is 1. The van der Waals surface area contributed by atoms with E-state index in [0.717, 1.165) is 24.8 Å². The first-order chi connectivity index (χ1) is 14.1. The third-order valence-electron chi connectivity index (χ3n) is 5.61. The third kappa shape index (κ3) is 3.77. The highest BCUT2D eigenvalue weighted by Gasteiger charge is 2.41. The van der Waals surface area contributed by atoms with E-state index in [2.05, 4.69) is 20.1 Å². The number of imidazole rings is 1. The Hall–Kier alpha value is -3.07. The number of aryl methyl sites for hydroxylation is 1. The Morgan fingerprint density at radius 1 is 1.31 bits per heavy atom. The minimum absolute atomic E-state index is 0.0537. The Labute approximate surface area is 168 Å². The van der Waals surface area contributed by atoms with E-state index in [0.29, 0.717) is 37.2 Å². The predicted octanol–water partition coefficient (Wildman–Crippen LogP) is 2.08. The highest BCUT2D eigenvalue weighted by molar-refractivity contribution is 5.90. The molecule has 1 saturated heterocycles. The molecule has 1 aliphatic heterocycles. The van der Waals surface area contributed by atoms with Gasteiger partial charge in [0.1, 0.15) is 0 Å². The van der Waals surface area contributed by atoms with Crippen LogP contribution in [0.2, 0.25) is 0 Å². The first-order valence-corrected chi connectivity index (χ1v) is 9.63. The van der Waals surface area contributed by atoms with Gasteiger partial charge in [-0.15, -0.1) is 0 Å². The van der Waals surface area contributed by atoms with Gasteiger partial charge in [0.25, 0.3) is 11.8 Å². The Kier molecular flexibility index (Phi) is 5.39. The predicted molar refractivity (Wildman–Crippen MR) is 104 cm³/mol. The Morgan fingerprint density at radius 2 is 2.14 bits per heavy atom. The first kappa shape index (κ1) is 19.3. The smallest absolute Gasteiger partial charge is 0.289 e. The lowest BCUT2D eigenvalue weighted by Gasteiger charge is -2.39. The molecule has 1 aliphatic rings. The topological polar surface area (TPSA) is 99.2 Å². The third-order valence-corrected chi connectivity index (χ3v) is 5.61. The van der Waals surface area contributed by atoms with E-state index in [1.807, 2.05) is 24.1 Å². The molecular weight excluding hydrogens is 372 g/mol. The Morgan fingerprint density at radius 3 is 2.79 bits per heavy atom. The van der Waals surface area contributed by atoms with Crippen LogP contribution in [-0.2, 0) is 17.2 Å². The van der Waals surface area contributed by atoms with Gasteiger partial charge in [-0.3, -0.25) is 9.78 Å². The molecule has 9 nitrogen and oxygen atoms in total. The zero-order valence-corrected chi connectivity index (χ0v) is 16.6. The van der Waals surface area contributed by atoms with E-state index >= 15 is 0 Å². The van der Waals surface area contributed by atoms with E-state index < -0.39 is 0 Å². The van der Waals surface area contributed by atoms with Gasteiger partial charge in [0.15, 0.2) is 11.6 Å². The Balaban J connectivity index is 1.54. The van der Waals surface area contributed by atoms with Crippen LogP contribution in [0.3, 0.4) is 0 Å². The van der Waals surface area contributed by atoms with E-state index in [1.54, 1.807) is 36.5 Å². The fourth-order valence-corrected chi connectivity index (χ4v) is 3.78. The van der Waals surface area contributed by atoms with Crippen LogP contribution in [0, 0.1) is 0 Å². The molecule has 1 fully saturated rings. The van der Waals surface area contributed by atoms with Crippen molar-refractivity contribution in [1.29, 1.82) is 0 Å². The van der Waals surface area contributed by atoms with Gasteiger partial charge < -0.3 is 18.7 Å². The van der Waals surface area contributed by atoms with E-state index in [1.165, 1.54) is 0 Å². The van der Waals surface area contributed by atoms with Gasteiger partial charge in [0, 0.05) is 64.1 Å². The SMILES string of the molecule is COCCC1(c2noc(-c3cccnc3)n2)CCN(C(=O)c2nccn2C)CC1. The number of carbonyl (C=O) groups is 1. The van der Waals surface area contributed by atoms with Crippen molar-refractivity contribution in [3.63, 3.8) is 0 Å². The maximum absolute atomic E-state index is 12.8. The lowest BCUT2D eigenvalue weighted by atomic mass is 9.75. The summed E-state index contributed by atoms with van der Waals surface area (Å²) in [6.07, 6.45) is 9.05. The molecule has 0 radical (unpaired) electrons. The van der Waals surface area contributed by atoms with Crippen LogP contribution in [0.15, 0.2) is 41.4 Å². The first-order valence-electron chi connectivity index (χ1n) is 9.63. The summed E-state index contributed by atoms with van der Waals surface area (Å²) in [5.74, 6) is 1.52. The maximum Gasteiger partial charge on any atom is 0.289 e. The van der Waals surface area contributed by atoms with Crippen LogP contribution >= 0.6 is 0 Å². The number of hydrogen-bond acceptors (Lipinski definition) is 7. The van der Waals surface area contributed by atoms with Gasteiger partial charge in [0.05, 0.1) is 5.56 Å². The van der Waals surface area contributed by atoms with Gasteiger partial charge in [-0.1, -0.05) is 5.16 Å². The number of hydrogen-bond donors (Lipinski definition) is 0. The van der Waals surface area contributed by atoms with Crippen LogP contribution < -0.4 is 0 Å². The molecular formula is C20H24N6O3. The van der Waals surface area contributed by atoms with Crippen LogP contribution in [0.5, 0.6) is 0 Å². The molecule has 3 aromatic heterocycles. The van der Waals surface area contributed by atoms with Gasteiger partial charge in [0.2, 0.25) is 0 Å². The highest BCUT2D eigenvalue weighted by atomic mass is 16.5. The van der Waals surface area contributed by atoms with Crippen molar-refractivity contribution in [3.8, 4) is 11.5 Å². The maximum atomic E-state index is 12.8. The molecule has 0 N–H and O–H groups in total. The van der Waals surface area contributed by atoms with Crippen LogP contribution in [0.4, 0.5) is 0 Å². The molecule has 0 atom stereocenters. The van der Waals surface area contributed by atoms with Crippen molar-refractivity contribution in [2.45, 2.75) is 24.7 Å². The molecule has 1 amide bonds. The zero-order valence-electron chi connectivity index (χ0n) is 16.6. The summed E-state index contributed by atoms with van der Waals surface area (Å²) in [5.41, 5.74) is 0.494. The minimum atomic E-state index is -0.293. The summed E-state index contributed by atoms with van der Waals surface area (Å²) in [6.45, 7) is 1.79. The largest absolute Gasteiger partial charge is 0.385 e. The quantitative estimate of drug-likeness (QED) is 0.629. The van der Waals surface area contributed by atoms with Gasteiger partial charge in [-0.25, -0.2) is 4.98 Å². The van der Waals surface area contributed by atoms with Crippen LogP contribution in [-0.4, -0.2) is 62.3 Å². The molecule has 9 heteroatoms. The monoisotopic (exact) mass is 396 g/mol. The van der Waals surface area contributed by atoms with E-state index in [9.17, 15) is 4.79 Å². The number of methoxy groups -OCH3 is 1. The second-order valence-corrected chi connectivity index (χ2v) is 7.34. The number of rotatable bonds is 6. The molecule has 0 aromatic carbocycles. The summed E-state index contributed by atoms with van der Waals surface area (Å²) in [6, 6.07) is 3.72. The summed E-state index contributed by atoms with van der Waals surface area (Å²) < 4.78 is 12.6. The number of pyridine rings is 1. The molecule has 0 aliphatic carbocycles. The lowest BCUT2D eigenvalue weighted by molar-refractivity contribution is 0.0601. The zero-order chi connectivity index (χ0) is 20.3. The van der Waals surface area contributed by atoms with Crippen LogP contribution in [0.25, 0.3) is 11.5 Å². The summed E-state index contributed by atoms with van der Waals surface area (Å²) >= 11 is 0. The number of piperidine rings is 1. The second-order valence-electron chi connectivity index (χ2n) is 7.34. The molecule has 0 unspecified atom stereocenters. The van der Waals surface area contributed by atoms with Gasteiger partial charge in [-0.05, 0) is 31.4 Å². The van der Waals surface area contributed by atoms with Crippen molar-refractivity contribution in [1.82, 2.24) is 29.6 Å². The molecule has 4 heterocycles. The average Bonchev–Trinajstić information content (AvgIpc) is 3.42. The molecule has 152 valence electrons. The molecule has 0 spiro atoms. The van der Waals surface area contributed by atoms with Crippen molar-refractivity contribution < 1.29 is 14.1 Å². The molecule has 0 bridgehead atoms. The average molecular weight is 396 g/mol. The van der Waals surface area contributed by atoms with Crippen molar-refractivity contribution >= 4 is 5.91 Å². The summed E-state index contributed by atoms with van der Waals surface area (Å²) in [7, 11) is 3.51. The molecule has 0 saturated carbocycles. The number of nitrogens with zero attached hydrogens (tertiary/aromatic N) is 6. The van der Waals surface area contributed by atoms with Gasteiger partial charge >= 0.3 is 0 Å². The fraction of sp³-hybridized carbons (Fsp3) is 0.450. The summed E-state index contributed by atoms with van der Waals surface area (Å²) in [4.78, 5) is 27.6. The van der Waals surface area contributed by atoms with Crippen molar-refractivity contribution in [2.75, 3.05) is 26.8 Å². The number of aromatic nitrogens is 5. The minimum Gasteiger partial charge on any atom is -0.385 e. The van der Waals surface area contributed by atoms with Crippen molar-refractivity contribution in [3.05, 3.63) is 48.6 Å². The lowest BCUT2D eigenvalue weighted by Crippen LogP contribution is -2.46. The number of carbonyl (C=O) groups excluding carboxylic acids is 1. The highest BCUT2D eigenvalue weighted by Crippen LogP contribution is 2.38. The second kappa shape index (κ2) is 8.12. The van der Waals surface area contributed by atoms with Crippen LogP contribution in [0.1, 0.15) is 35.7 Å². The summed E-state index contributed by atoms with van der Waals surface area (Å²) in [5, 5.41) is 4.29. The normalized spacial score (nSPS) is 16.1. The molecule has 29 heavy (non-hydrogen) atoms. The van der Waals surface area contributed by atoms with E-state index in [4.69, 9.17) is 9.26 Å².